The Labute approximate surface area is 203 Å². The summed E-state index contributed by atoms with van der Waals surface area (Å²) in [5.41, 5.74) is 6.62. The third-order valence-electron chi connectivity index (χ3n) is 7.35. The Hall–Kier alpha value is -3.09. The maximum absolute atomic E-state index is 13.5. The highest BCUT2D eigenvalue weighted by molar-refractivity contribution is 6.31. The lowest BCUT2D eigenvalue weighted by Gasteiger charge is -2.38. The van der Waals surface area contributed by atoms with Crippen LogP contribution in [-0.2, 0) is 16.0 Å². The number of nitrogens with one attached hydrogen (secondary N) is 1. The standard InChI is InChI=1S/C27H26ClN3O3/c1-3-4-22-26(32)29-21-13-20-19(14-25(21)30(22)15(2)16-7-9-34-10-8-16)24-11-17-5-6-18(28)12-23(17)31(24)27(20)33/h4-6,12-14,16,24H,2-3,7-11H2,1H3,(H,29,32)/b22-4-. The van der Waals surface area contributed by atoms with Gasteiger partial charge in [-0.15, -0.1) is 0 Å². The van der Waals surface area contributed by atoms with E-state index in [1.54, 1.807) is 0 Å². The first-order valence-corrected chi connectivity index (χ1v) is 12.2. The van der Waals surface area contributed by atoms with Crippen molar-refractivity contribution in [3.8, 4) is 0 Å². The van der Waals surface area contributed by atoms with Crippen LogP contribution in [0.3, 0.4) is 0 Å². The van der Waals surface area contributed by atoms with Crippen LogP contribution < -0.4 is 15.1 Å². The molecule has 1 atom stereocenters. The minimum atomic E-state index is -0.175. The van der Waals surface area contributed by atoms with Gasteiger partial charge in [0.25, 0.3) is 11.8 Å². The molecule has 1 N–H and O–H groups in total. The van der Waals surface area contributed by atoms with Gasteiger partial charge in [0.1, 0.15) is 5.70 Å². The molecule has 1 unspecified atom stereocenters. The third kappa shape index (κ3) is 3.12. The van der Waals surface area contributed by atoms with Gasteiger partial charge in [-0.2, -0.15) is 0 Å². The number of fused-ring (bicyclic) bond motifs is 6. The largest absolute Gasteiger partial charge is 0.381 e. The Morgan fingerprint density at radius 3 is 2.76 bits per heavy atom. The Bertz CT molecular complexity index is 1280. The van der Waals surface area contributed by atoms with Crippen LogP contribution in [-0.4, -0.2) is 25.0 Å². The van der Waals surface area contributed by atoms with Gasteiger partial charge in [0.05, 0.1) is 17.4 Å². The Balaban J connectivity index is 1.47. The smallest absolute Gasteiger partial charge is 0.272 e. The highest BCUT2D eigenvalue weighted by Gasteiger charge is 2.45. The minimum Gasteiger partial charge on any atom is -0.381 e. The molecule has 4 aliphatic rings. The Morgan fingerprint density at radius 2 is 2.00 bits per heavy atom. The van der Waals surface area contributed by atoms with Crippen molar-refractivity contribution < 1.29 is 14.3 Å². The van der Waals surface area contributed by atoms with Gasteiger partial charge in [0.15, 0.2) is 0 Å². The average Bonchev–Trinajstić information content (AvgIpc) is 3.33. The highest BCUT2D eigenvalue weighted by Crippen LogP contribution is 2.51. The number of ether oxygens (including phenoxy) is 1. The lowest BCUT2D eigenvalue weighted by molar-refractivity contribution is -0.113. The number of nitrogens with zero attached hydrogens (tertiary/aromatic N) is 2. The monoisotopic (exact) mass is 475 g/mol. The molecule has 2 aromatic rings. The fraction of sp³-hybridized carbons (Fsp3) is 0.333. The van der Waals surface area contributed by atoms with Crippen LogP contribution >= 0.6 is 11.6 Å². The van der Waals surface area contributed by atoms with Gasteiger partial charge in [0, 0.05) is 41.1 Å². The summed E-state index contributed by atoms with van der Waals surface area (Å²) in [5.74, 6) is 0.00497. The van der Waals surface area contributed by atoms with Gasteiger partial charge >= 0.3 is 0 Å². The minimum absolute atomic E-state index is 0.0530. The molecule has 1 saturated heterocycles. The predicted molar refractivity (Wildman–Crippen MR) is 133 cm³/mol. The predicted octanol–water partition coefficient (Wildman–Crippen LogP) is 5.59. The second kappa shape index (κ2) is 8.00. The van der Waals surface area contributed by atoms with Gasteiger partial charge in [-0.1, -0.05) is 37.2 Å². The number of benzene rings is 2. The van der Waals surface area contributed by atoms with Crippen molar-refractivity contribution in [2.24, 2.45) is 5.92 Å². The van der Waals surface area contributed by atoms with E-state index < -0.39 is 0 Å². The summed E-state index contributed by atoms with van der Waals surface area (Å²) in [6, 6.07) is 9.58. The number of rotatable bonds is 3. The molecule has 6 nitrogen and oxygen atoms in total. The van der Waals surface area contributed by atoms with E-state index in [1.807, 2.05) is 47.1 Å². The zero-order valence-corrected chi connectivity index (χ0v) is 19.8. The van der Waals surface area contributed by atoms with Crippen LogP contribution in [0.25, 0.3) is 0 Å². The summed E-state index contributed by atoms with van der Waals surface area (Å²) in [4.78, 5) is 30.5. The van der Waals surface area contributed by atoms with Crippen molar-refractivity contribution in [2.75, 3.05) is 28.3 Å². The normalized spacial score (nSPS) is 22.4. The van der Waals surface area contributed by atoms with Gasteiger partial charge in [-0.05, 0) is 61.1 Å². The molecule has 0 aliphatic carbocycles. The number of hydrogen-bond acceptors (Lipinski definition) is 4. The van der Waals surface area contributed by atoms with Crippen LogP contribution in [0.15, 0.2) is 54.4 Å². The van der Waals surface area contributed by atoms with Gasteiger partial charge in [-0.25, -0.2) is 0 Å². The van der Waals surface area contributed by atoms with Crippen molar-refractivity contribution in [3.63, 3.8) is 0 Å². The van der Waals surface area contributed by atoms with Crippen molar-refractivity contribution in [1.29, 1.82) is 0 Å². The zero-order valence-electron chi connectivity index (χ0n) is 19.1. The summed E-state index contributed by atoms with van der Waals surface area (Å²) in [7, 11) is 0. The first kappa shape index (κ1) is 21.4. The summed E-state index contributed by atoms with van der Waals surface area (Å²) >= 11 is 6.25. The fourth-order valence-corrected chi connectivity index (χ4v) is 5.87. The average molecular weight is 476 g/mol. The van der Waals surface area contributed by atoms with Crippen molar-refractivity contribution in [2.45, 2.75) is 38.6 Å². The van der Waals surface area contributed by atoms with E-state index in [-0.39, 0.29) is 23.8 Å². The molecule has 1 fully saturated rings. The van der Waals surface area contributed by atoms with E-state index in [2.05, 4.69) is 18.0 Å². The molecule has 0 radical (unpaired) electrons. The van der Waals surface area contributed by atoms with Crippen LogP contribution in [0.2, 0.25) is 5.02 Å². The van der Waals surface area contributed by atoms with E-state index in [4.69, 9.17) is 16.3 Å². The molecule has 4 aliphatic heterocycles. The molecule has 0 saturated carbocycles. The summed E-state index contributed by atoms with van der Waals surface area (Å²) < 4.78 is 5.56. The lowest BCUT2D eigenvalue weighted by atomic mass is 9.93. The molecule has 7 heteroatoms. The molecular formula is C27H26ClN3O3. The van der Waals surface area contributed by atoms with Gasteiger partial charge < -0.3 is 19.9 Å². The number of amides is 2. The van der Waals surface area contributed by atoms with Gasteiger partial charge in [-0.3, -0.25) is 9.59 Å². The second-order valence-corrected chi connectivity index (χ2v) is 9.73. The SMILES string of the molecule is C=C(C1CCOCC1)N1/C(=C\CC)C(=O)Nc2cc3c(cc21)C1Cc2ccc(Cl)cc2N1C3=O. The van der Waals surface area contributed by atoms with Crippen LogP contribution in [0.1, 0.15) is 53.7 Å². The first-order valence-electron chi connectivity index (χ1n) is 11.9. The number of carbonyl (C=O) groups is 2. The molecule has 6 rings (SSSR count). The van der Waals surface area contributed by atoms with Crippen molar-refractivity contribution >= 4 is 40.5 Å². The summed E-state index contributed by atoms with van der Waals surface area (Å²) in [5, 5.41) is 3.63. The fourth-order valence-electron chi connectivity index (χ4n) is 5.70. The molecule has 0 spiro atoms. The topological polar surface area (TPSA) is 61.9 Å². The molecule has 0 bridgehead atoms. The van der Waals surface area contributed by atoms with Crippen LogP contribution in [0.5, 0.6) is 0 Å². The zero-order chi connectivity index (χ0) is 23.6. The van der Waals surface area contributed by atoms with Crippen LogP contribution in [0.4, 0.5) is 17.1 Å². The second-order valence-electron chi connectivity index (χ2n) is 9.29. The summed E-state index contributed by atoms with van der Waals surface area (Å²) in [6.45, 7) is 7.85. The molecule has 2 aromatic carbocycles. The maximum Gasteiger partial charge on any atom is 0.272 e. The number of allylic oxidation sites excluding steroid dienone is 2. The number of carbonyl (C=O) groups excluding carboxylic acids is 2. The lowest BCUT2D eigenvalue weighted by Crippen LogP contribution is -2.38. The Kier molecular flexibility index (Phi) is 5.04. The van der Waals surface area contributed by atoms with E-state index in [9.17, 15) is 9.59 Å². The quantitative estimate of drug-likeness (QED) is 0.588. The van der Waals surface area contributed by atoms with E-state index in [0.717, 1.165) is 53.9 Å². The molecular weight excluding hydrogens is 450 g/mol. The van der Waals surface area contributed by atoms with Gasteiger partial charge in [0.2, 0.25) is 0 Å². The molecule has 174 valence electrons. The highest BCUT2D eigenvalue weighted by atomic mass is 35.5. The first-order chi connectivity index (χ1) is 16.5. The van der Waals surface area contributed by atoms with Crippen LogP contribution in [0, 0.1) is 5.92 Å². The van der Waals surface area contributed by atoms with E-state index in [0.29, 0.717) is 35.2 Å². The third-order valence-corrected chi connectivity index (χ3v) is 7.58. The molecule has 0 aromatic heterocycles. The molecule has 4 heterocycles. The number of halogens is 1. The Morgan fingerprint density at radius 1 is 1.21 bits per heavy atom. The van der Waals surface area contributed by atoms with Crippen molar-refractivity contribution in [1.82, 2.24) is 0 Å². The number of hydrogen-bond donors (Lipinski definition) is 1. The maximum atomic E-state index is 13.5. The molecule has 2 amide bonds. The van der Waals surface area contributed by atoms with E-state index >= 15 is 0 Å². The van der Waals surface area contributed by atoms with Crippen molar-refractivity contribution in [3.05, 3.63) is 76.1 Å². The van der Waals surface area contributed by atoms with E-state index in [1.165, 1.54) is 0 Å². The number of anilines is 3. The summed E-state index contributed by atoms with van der Waals surface area (Å²) in [6.07, 6.45) is 5.17. The molecule has 34 heavy (non-hydrogen) atoms.